The lowest BCUT2D eigenvalue weighted by molar-refractivity contribution is 0.478. The molecule has 0 amide bonds. The molecule has 2 aromatic heterocycles. The number of aromatic nitrogens is 5. The van der Waals surface area contributed by atoms with Gasteiger partial charge in [0, 0.05) is 19.5 Å². The Kier molecular flexibility index (Phi) is 4.32. The van der Waals surface area contributed by atoms with Crippen LogP contribution in [0, 0.1) is 0 Å². The lowest BCUT2D eigenvalue weighted by atomic mass is 10.1. The smallest absolute Gasteiger partial charge is 0.264 e. The molecule has 0 unspecified atom stereocenters. The number of aromatic hydroxyl groups is 1. The van der Waals surface area contributed by atoms with Crippen molar-refractivity contribution in [2.45, 2.75) is 0 Å². The van der Waals surface area contributed by atoms with Crippen molar-refractivity contribution >= 4 is 22.3 Å². The number of aryl methyl sites for hydroxylation is 1. The fourth-order valence-corrected chi connectivity index (χ4v) is 3.01. The largest absolute Gasteiger partial charge is 0.506 e. The number of aromatic amines is 1. The third-order valence-electron chi connectivity index (χ3n) is 4.45. The molecule has 4 rings (SSSR count). The number of anilines is 1. The Labute approximate surface area is 159 Å². The van der Waals surface area contributed by atoms with Crippen molar-refractivity contribution in [3.8, 4) is 5.75 Å². The van der Waals surface area contributed by atoms with Crippen LogP contribution in [-0.2, 0) is 7.05 Å². The molecule has 140 valence electrons. The predicted octanol–water partition coefficient (Wildman–Crippen LogP) is 1.65. The highest BCUT2D eigenvalue weighted by molar-refractivity contribution is 6.14. The minimum absolute atomic E-state index is 0.00498. The van der Waals surface area contributed by atoms with Crippen LogP contribution in [0.1, 0.15) is 11.4 Å². The van der Waals surface area contributed by atoms with E-state index in [1.165, 1.54) is 4.57 Å². The first-order chi connectivity index (χ1) is 13.6. The Morgan fingerprint density at radius 1 is 1.14 bits per heavy atom. The van der Waals surface area contributed by atoms with Gasteiger partial charge in [0.05, 0.1) is 11.2 Å². The summed E-state index contributed by atoms with van der Waals surface area (Å²) in [6.45, 7) is 0. The summed E-state index contributed by atoms with van der Waals surface area (Å²) in [6, 6.07) is 16.5. The Morgan fingerprint density at radius 2 is 1.86 bits per heavy atom. The summed E-state index contributed by atoms with van der Waals surface area (Å²) in [5, 5.41) is 31.4. The molecule has 0 saturated heterocycles. The normalized spacial score (nSPS) is 11.7. The van der Waals surface area contributed by atoms with E-state index in [1.54, 1.807) is 43.4 Å². The van der Waals surface area contributed by atoms with E-state index in [0.717, 1.165) is 5.69 Å². The zero-order valence-corrected chi connectivity index (χ0v) is 15.2. The van der Waals surface area contributed by atoms with Crippen LogP contribution in [0.5, 0.6) is 5.75 Å². The van der Waals surface area contributed by atoms with Crippen molar-refractivity contribution in [1.29, 1.82) is 0 Å². The number of rotatable bonds is 4. The minimum Gasteiger partial charge on any atom is -0.506 e. The van der Waals surface area contributed by atoms with Crippen molar-refractivity contribution in [3.05, 3.63) is 76.3 Å². The maximum atomic E-state index is 13.1. The van der Waals surface area contributed by atoms with Crippen molar-refractivity contribution in [1.82, 2.24) is 25.2 Å². The van der Waals surface area contributed by atoms with Crippen molar-refractivity contribution in [2.75, 3.05) is 12.1 Å². The van der Waals surface area contributed by atoms with Gasteiger partial charge in [0.1, 0.15) is 17.0 Å². The molecule has 0 spiro atoms. The van der Waals surface area contributed by atoms with E-state index in [0.29, 0.717) is 10.9 Å². The van der Waals surface area contributed by atoms with Crippen LogP contribution in [0.15, 0.2) is 64.5 Å². The number of fused-ring (bicyclic) bond motifs is 1. The van der Waals surface area contributed by atoms with Gasteiger partial charge < -0.3 is 9.67 Å². The van der Waals surface area contributed by atoms with Crippen LogP contribution in [0.2, 0.25) is 0 Å². The molecule has 28 heavy (non-hydrogen) atoms. The summed E-state index contributed by atoms with van der Waals surface area (Å²) in [5.74, 6) is -0.0748. The Hall–Kier alpha value is -4.01. The molecule has 0 saturated carbocycles. The molecular weight excluding hydrogens is 358 g/mol. The lowest BCUT2D eigenvalue weighted by Gasteiger charge is -2.16. The van der Waals surface area contributed by atoms with E-state index in [9.17, 15) is 9.90 Å². The summed E-state index contributed by atoms with van der Waals surface area (Å²) < 4.78 is 1.46. The Balaban J connectivity index is 1.99. The van der Waals surface area contributed by atoms with Crippen LogP contribution in [0.25, 0.3) is 10.9 Å². The summed E-state index contributed by atoms with van der Waals surface area (Å²) in [4.78, 5) is 13.1. The monoisotopic (exact) mass is 375 g/mol. The van der Waals surface area contributed by atoms with Crippen molar-refractivity contribution in [2.24, 2.45) is 12.1 Å². The number of para-hydroxylation sites is 2. The number of hydrazone groups is 1. The fourth-order valence-electron chi connectivity index (χ4n) is 3.01. The first-order valence-electron chi connectivity index (χ1n) is 8.50. The van der Waals surface area contributed by atoms with Gasteiger partial charge >= 0.3 is 0 Å². The third kappa shape index (κ3) is 2.88. The number of hydrogen-bond acceptors (Lipinski definition) is 7. The molecule has 9 heteroatoms. The molecule has 2 heterocycles. The molecule has 0 aliphatic rings. The molecule has 0 fully saturated rings. The zero-order valence-electron chi connectivity index (χ0n) is 15.2. The highest BCUT2D eigenvalue weighted by atomic mass is 16.3. The van der Waals surface area contributed by atoms with E-state index in [2.05, 4.69) is 25.7 Å². The Bertz CT molecular complexity index is 1210. The number of pyridine rings is 1. The second kappa shape index (κ2) is 6.95. The number of H-pyrrole nitrogens is 1. The maximum absolute atomic E-state index is 13.1. The SMILES string of the molecule is CN(N=C(c1nn[nH]n1)c1c(O)c2ccccc2n(C)c1=O)c1ccccc1. The molecule has 0 bridgehead atoms. The molecule has 0 radical (unpaired) electrons. The van der Waals surface area contributed by atoms with Gasteiger partial charge in [0.15, 0.2) is 0 Å². The minimum atomic E-state index is -0.416. The van der Waals surface area contributed by atoms with E-state index in [1.807, 2.05) is 30.3 Å². The molecule has 2 N–H and O–H groups in total. The van der Waals surface area contributed by atoms with Gasteiger partial charge in [-0.05, 0) is 29.5 Å². The van der Waals surface area contributed by atoms with Gasteiger partial charge in [-0.3, -0.25) is 9.80 Å². The van der Waals surface area contributed by atoms with Gasteiger partial charge in [0.25, 0.3) is 5.56 Å². The summed E-state index contributed by atoms with van der Waals surface area (Å²) in [5.41, 5.74) is 1.11. The first-order valence-corrected chi connectivity index (χ1v) is 8.50. The van der Waals surface area contributed by atoms with Gasteiger partial charge in [-0.1, -0.05) is 30.3 Å². The topological polar surface area (TPSA) is 112 Å². The average molecular weight is 375 g/mol. The standard InChI is InChI=1S/C19H17N7O2/c1-25-14-11-7-6-10-13(14)17(27)15(19(25)28)16(18-20-23-24-21-18)22-26(2)12-8-4-3-5-9-12/h3-11,27H,1-2H3,(H,20,21,23,24). The number of nitrogens with one attached hydrogen (secondary N) is 1. The fraction of sp³-hybridized carbons (Fsp3) is 0.105. The van der Waals surface area contributed by atoms with Crippen LogP contribution >= 0.6 is 0 Å². The van der Waals surface area contributed by atoms with Gasteiger partial charge in [-0.2, -0.15) is 10.3 Å². The van der Waals surface area contributed by atoms with Crippen molar-refractivity contribution in [3.63, 3.8) is 0 Å². The molecule has 2 aromatic carbocycles. The van der Waals surface area contributed by atoms with Gasteiger partial charge in [-0.25, -0.2) is 0 Å². The van der Waals surface area contributed by atoms with Gasteiger partial charge in [0.2, 0.25) is 5.82 Å². The highest BCUT2D eigenvalue weighted by Gasteiger charge is 2.24. The van der Waals surface area contributed by atoms with E-state index < -0.39 is 5.56 Å². The first kappa shape index (κ1) is 17.4. The molecule has 0 atom stereocenters. The quantitative estimate of drug-likeness (QED) is 0.414. The number of benzene rings is 2. The van der Waals surface area contributed by atoms with Crippen LogP contribution < -0.4 is 10.6 Å². The van der Waals surface area contributed by atoms with Crippen LogP contribution in [0.4, 0.5) is 5.69 Å². The molecule has 0 aliphatic heterocycles. The number of hydrogen-bond donors (Lipinski definition) is 2. The summed E-state index contributed by atoms with van der Waals surface area (Å²) >= 11 is 0. The average Bonchev–Trinajstić information content (AvgIpc) is 3.26. The second-order valence-electron chi connectivity index (χ2n) is 6.15. The van der Waals surface area contributed by atoms with Gasteiger partial charge in [-0.15, -0.1) is 10.2 Å². The summed E-state index contributed by atoms with van der Waals surface area (Å²) in [7, 11) is 3.38. The molecule has 9 nitrogen and oxygen atoms in total. The zero-order chi connectivity index (χ0) is 19.7. The maximum Gasteiger partial charge on any atom is 0.264 e. The van der Waals surface area contributed by atoms with E-state index in [-0.39, 0.29) is 22.8 Å². The molecule has 4 aromatic rings. The van der Waals surface area contributed by atoms with Crippen LogP contribution in [0.3, 0.4) is 0 Å². The second-order valence-corrected chi connectivity index (χ2v) is 6.15. The molecule has 0 aliphatic carbocycles. The Morgan fingerprint density at radius 3 is 2.57 bits per heavy atom. The number of nitrogens with zero attached hydrogens (tertiary/aromatic N) is 6. The predicted molar refractivity (Wildman–Crippen MR) is 106 cm³/mol. The van der Waals surface area contributed by atoms with Crippen molar-refractivity contribution < 1.29 is 5.11 Å². The summed E-state index contributed by atoms with van der Waals surface area (Å²) in [6.07, 6.45) is 0. The lowest BCUT2D eigenvalue weighted by Crippen LogP contribution is -2.28. The van der Waals surface area contributed by atoms with E-state index >= 15 is 0 Å². The number of tetrazole rings is 1. The third-order valence-corrected chi connectivity index (χ3v) is 4.45. The molecular formula is C19H17N7O2. The highest BCUT2D eigenvalue weighted by Crippen LogP contribution is 2.27. The van der Waals surface area contributed by atoms with Crippen LogP contribution in [-0.4, -0.2) is 43.1 Å². The van der Waals surface area contributed by atoms with E-state index in [4.69, 9.17) is 0 Å².